The maximum absolute atomic E-state index is 11.4. The lowest BCUT2D eigenvalue weighted by atomic mass is 9.85. The summed E-state index contributed by atoms with van der Waals surface area (Å²) in [4.78, 5) is 14.7. The van der Waals surface area contributed by atoms with Gasteiger partial charge in [0, 0.05) is 27.8 Å². The van der Waals surface area contributed by atoms with E-state index >= 15 is 0 Å². The Morgan fingerprint density at radius 2 is 2.28 bits per heavy atom. The largest absolute Gasteiger partial charge is 0.481 e. The number of carbonyl (C=O) groups is 1. The molecule has 0 amide bonds. The number of carboxylic acids is 1. The summed E-state index contributed by atoms with van der Waals surface area (Å²) in [5.41, 5.74) is -0.655. The van der Waals surface area contributed by atoms with E-state index < -0.39 is 11.4 Å². The summed E-state index contributed by atoms with van der Waals surface area (Å²) >= 11 is 5.12. The van der Waals surface area contributed by atoms with Crippen molar-refractivity contribution in [2.24, 2.45) is 5.41 Å². The molecule has 0 aliphatic heterocycles. The van der Waals surface area contributed by atoms with Gasteiger partial charge in [0.15, 0.2) is 0 Å². The fourth-order valence-corrected chi connectivity index (χ4v) is 3.69. The monoisotopic (exact) mass is 333 g/mol. The van der Waals surface area contributed by atoms with Crippen molar-refractivity contribution in [2.45, 2.75) is 33.2 Å². The Balaban J connectivity index is 2.61. The third kappa shape index (κ3) is 4.37. The van der Waals surface area contributed by atoms with Crippen molar-refractivity contribution in [2.75, 3.05) is 13.6 Å². The third-order valence-electron chi connectivity index (χ3n) is 2.98. The Morgan fingerprint density at radius 3 is 2.72 bits per heavy atom. The summed E-state index contributed by atoms with van der Waals surface area (Å²) in [6.45, 7) is 5.23. The van der Waals surface area contributed by atoms with Gasteiger partial charge < -0.3 is 10.0 Å². The minimum absolute atomic E-state index is 0.575. The molecule has 3 nitrogen and oxygen atoms in total. The van der Waals surface area contributed by atoms with Gasteiger partial charge in [0.25, 0.3) is 0 Å². The average molecular weight is 334 g/mol. The van der Waals surface area contributed by atoms with Crippen LogP contribution in [0.3, 0.4) is 0 Å². The molecule has 1 unspecified atom stereocenters. The van der Waals surface area contributed by atoms with Crippen molar-refractivity contribution in [1.29, 1.82) is 0 Å². The Hall–Kier alpha value is -0.390. The normalized spacial score (nSPS) is 14.7. The molecule has 0 aliphatic carbocycles. The van der Waals surface area contributed by atoms with Gasteiger partial charge in [-0.05, 0) is 42.4 Å². The van der Waals surface area contributed by atoms with E-state index in [-0.39, 0.29) is 0 Å². The fraction of sp³-hybridized carbons (Fsp3) is 0.615. The van der Waals surface area contributed by atoms with Crippen LogP contribution in [0.2, 0.25) is 0 Å². The van der Waals surface area contributed by atoms with Gasteiger partial charge in [0.1, 0.15) is 0 Å². The Labute approximate surface area is 121 Å². The number of halogens is 1. The molecule has 1 N–H and O–H groups in total. The van der Waals surface area contributed by atoms with Crippen LogP contribution in [0.4, 0.5) is 0 Å². The minimum atomic E-state index is -0.705. The summed E-state index contributed by atoms with van der Waals surface area (Å²) in [5, 5.41) is 11.4. The molecule has 0 spiro atoms. The third-order valence-corrected chi connectivity index (χ3v) is 4.67. The van der Waals surface area contributed by atoms with E-state index in [1.165, 1.54) is 4.88 Å². The Morgan fingerprint density at radius 1 is 1.61 bits per heavy atom. The van der Waals surface area contributed by atoms with Crippen LogP contribution in [-0.2, 0) is 11.3 Å². The van der Waals surface area contributed by atoms with Gasteiger partial charge in [-0.15, -0.1) is 11.3 Å². The first kappa shape index (κ1) is 15.7. The molecule has 0 bridgehead atoms. The van der Waals surface area contributed by atoms with Crippen molar-refractivity contribution in [1.82, 2.24) is 4.90 Å². The summed E-state index contributed by atoms with van der Waals surface area (Å²) < 4.78 is 1.09. The van der Waals surface area contributed by atoms with Gasteiger partial charge in [-0.3, -0.25) is 4.79 Å². The standard InChI is InChI=1S/C13H20BrNO2S/c1-4-5-13(2,12(16)17)9-15(3)7-11-6-10(14)8-18-11/h6,8H,4-5,7,9H2,1-3H3,(H,16,17). The number of carboxylic acid groups (broad SMARTS) is 1. The summed E-state index contributed by atoms with van der Waals surface area (Å²) in [7, 11) is 1.98. The predicted molar refractivity (Wildman–Crippen MR) is 79.0 cm³/mol. The van der Waals surface area contributed by atoms with Crippen LogP contribution < -0.4 is 0 Å². The minimum Gasteiger partial charge on any atom is -0.481 e. The molecular weight excluding hydrogens is 314 g/mol. The van der Waals surface area contributed by atoms with Crippen molar-refractivity contribution in [3.05, 3.63) is 20.8 Å². The quantitative estimate of drug-likeness (QED) is 0.824. The first-order valence-electron chi connectivity index (χ1n) is 6.02. The van der Waals surface area contributed by atoms with Crippen LogP contribution in [0.1, 0.15) is 31.6 Å². The molecule has 102 valence electrons. The van der Waals surface area contributed by atoms with Gasteiger partial charge in [-0.2, -0.15) is 0 Å². The molecule has 0 fully saturated rings. The van der Waals surface area contributed by atoms with E-state index in [1.54, 1.807) is 11.3 Å². The highest BCUT2D eigenvalue weighted by Gasteiger charge is 2.33. The first-order valence-corrected chi connectivity index (χ1v) is 7.69. The van der Waals surface area contributed by atoms with Crippen LogP contribution in [0.15, 0.2) is 15.9 Å². The van der Waals surface area contributed by atoms with E-state index in [2.05, 4.69) is 26.9 Å². The smallest absolute Gasteiger partial charge is 0.310 e. The second-order valence-corrected chi connectivity index (χ2v) is 6.93. The molecule has 0 radical (unpaired) electrons. The fourth-order valence-electron chi connectivity index (χ4n) is 2.16. The number of hydrogen-bond acceptors (Lipinski definition) is 3. The Bertz CT molecular complexity index is 407. The maximum Gasteiger partial charge on any atom is 0.310 e. The summed E-state index contributed by atoms with van der Waals surface area (Å²) in [5.74, 6) is -0.705. The molecule has 0 saturated carbocycles. The number of rotatable bonds is 7. The van der Waals surface area contributed by atoms with Gasteiger partial charge in [0.2, 0.25) is 0 Å². The first-order chi connectivity index (χ1) is 8.37. The highest BCUT2D eigenvalue weighted by atomic mass is 79.9. The van der Waals surface area contributed by atoms with Crippen LogP contribution >= 0.6 is 27.3 Å². The second kappa shape index (κ2) is 6.68. The van der Waals surface area contributed by atoms with Crippen molar-refractivity contribution >= 4 is 33.2 Å². The lowest BCUT2D eigenvalue weighted by Crippen LogP contribution is -2.39. The summed E-state index contributed by atoms with van der Waals surface area (Å²) in [6.07, 6.45) is 1.60. The van der Waals surface area contributed by atoms with E-state index in [1.807, 2.05) is 26.3 Å². The van der Waals surface area contributed by atoms with E-state index in [0.717, 1.165) is 17.4 Å². The van der Waals surface area contributed by atoms with Crippen LogP contribution in [0, 0.1) is 5.41 Å². The van der Waals surface area contributed by atoms with Crippen molar-refractivity contribution in [3.63, 3.8) is 0 Å². The van der Waals surface area contributed by atoms with Crippen molar-refractivity contribution in [3.8, 4) is 0 Å². The van der Waals surface area contributed by atoms with Gasteiger partial charge >= 0.3 is 5.97 Å². The second-order valence-electron chi connectivity index (χ2n) is 5.02. The number of nitrogens with zero attached hydrogens (tertiary/aromatic N) is 1. The zero-order chi connectivity index (χ0) is 13.8. The van der Waals surface area contributed by atoms with Crippen LogP contribution in [-0.4, -0.2) is 29.6 Å². The highest BCUT2D eigenvalue weighted by Crippen LogP contribution is 2.26. The topological polar surface area (TPSA) is 40.5 Å². The van der Waals surface area contributed by atoms with E-state index in [4.69, 9.17) is 0 Å². The molecule has 0 aromatic carbocycles. The number of hydrogen-bond donors (Lipinski definition) is 1. The van der Waals surface area contributed by atoms with Gasteiger partial charge in [-0.1, -0.05) is 13.3 Å². The number of aliphatic carboxylic acids is 1. The van der Waals surface area contributed by atoms with E-state index in [0.29, 0.717) is 13.0 Å². The SMILES string of the molecule is CCCC(C)(CN(C)Cc1cc(Br)cs1)C(=O)O. The zero-order valence-electron chi connectivity index (χ0n) is 11.1. The average Bonchev–Trinajstić information content (AvgIpc) is 2.63. The lowest BCUT2D eigenvalue weighted by molar-refractivity contribution is -0.149. The number of thiophene rings is 1. The zero-order valence-corrected chi connectivity index (χ0v) is 13.5. The van der Waals surface area contributed by atoms with Crippen LogP contribution in [0.25, 0.3) is 0 Å². The molecule has 1 aromatic rings. The molecule has 1 rings (SSSR count). The lowest BCUT2D eigenvalue weighted by Gasteiger charge is -2.29. The summed E-state index contributed by atoms with van der Waals surface area (Å²) in [6, 6.07) is 2.08. The van der Waals surface area contributed by atoms with Crippen LogP contribution in [0.5, 0.6) is 0 Å². The molecule has 0 aliphatic rings. The van der Waals surface area contributed by atoms with Gasteiger partial charge in [-0.25, -0.2) is 0 Å². The van der Waals surface area contributed by atoms with E-state index in [9.17, 15) is 9.90 Å². The molecule has 1 heterocycles. The molecule has 18 heavy (non-hydrogen) atoms. The molecule has 1 atom stereocenters. The highest BCUT2D eigenvalue weighted by molar-refractivity contribution is 9.10. The predicted octanol–water partition coefficient (Wildman–Crippen LogP) is 3.83. The molecule has 0 saturated heterocycles. The molecule has 5 heteroatoms. The molecular formula is C13H20BrNO2S. The Kier molecular flexibility index (Phi) is 5.82. The van der Waals surface area contributed by atoms with Gasteiger partial charge in [0.05, 0.1) is 5.41 Å². The maximum atomic E-state index is 11.4. The molecule has 1 aromatic heterocycles. The van der Waals surface area contributed by atoms with Crippen molar-refractivity contribution < 1.29 is 9.90 Å².